The largest absolute Gasteiger partial charge is 0.497 e. The van der Waals surface area contributed by atoms with Crippen molar-refractivity contribution in [3.63, 3.8) is 0 Å². The molecule has 1 atom stereocenters. The lowest BCUT2D eigenvalue weighted by Gasteiger charge is -2.21. The first-order valence-electron chi connectivity index (χ1n) is 9.45. The third kappa shape index (κ3) is 4.56. The van der Waals surface area contributed by atoms with Gasteiger partial charge in [0.25, 0.3) is 5.91 Å². The Hall–Kier alpha value is -3.35. The Balaban J connectivity index is 1.61. The van der Waals surface area contributed by atoms with Gasteiger partial charge in [-0.1, -0.05) is 30.3 Å². The molecule has 2 aromatic carbocycles. The quantitative estimate of drug-likeness (QED) is 0.706. The number of nitrogens with one attached hydrogen (secondary N) is 2. The molecule has 1 aliphatic rings. The second kappa shape index (κ2) is 8.34. The van der Waals surface area contributed by atoms with Crippen molar-refractivity contribution in [2.24, 2.45) is 0 Å². The summed E-state index contributed by atoms with van der Waals surface area (Å²) in [5.41, 5.74) is 1.55. The topological polar surface area (TPSA) is 87.7 Å². The number of hydrogen-bond donors (Lipinski definition) is 2. The van der Waals surface area contributed by atoms with E-state index in [2.05, 4.69) is 10.6 Å². The smallest absolute Gasteiger partial charge is 0.325 e. The number of rotatable bonds is 7. The predicted molar refractivity (Wildman–Crippen MR) is 110 cm³/mol. The summed E-state index contributed by atoms with van der Waals surface area (Å²) in [4.78, 5) is 38.5. The van der Waals surface area contributed by atoms with Gasteiger partial charge in [0.15, 0.2) is 0 Å². The molecule has 7 heteroatoms. The van der Waals surface area contributed by atoms with Gasteiger partial charge in [0, 0.05) is 5.69 Å². The third-order valence-electron chi connectivity index (χ3n) is 5.14. The molecule has 29 heavy (non-hydrogen) atoms. The summed E-state index contributed by atoms with van der Waals surface area (Å²) >= 11 is 0. The number of hydrogen-bond acceptors (Lipinski definition) is 4. The minimum atomic E-state index is -1.04. The van der Waals surface area contributed by atoms with Crippen molar-refractivity contribution in [2.45, 2.75) is 32.2 Å². The lowest BCUT2D eigenvalue weighted by atomic mass is 9.93. The van der Waals surface area contributed by atoms with E-state index in [9.17, 15) is 14.4 Å². The maximum absolute atomic E-state index is 12.9. The van der Waals surface area contributed by atoms with E-state index in [1.165, 1.54) is 0 Å². The van der Waals surface area contributed by atoms with Crippen LogP contribution in [0, 0.1) is 6.92 Å². The maximum Gasteiger partial charge on any atom is 0.325 e. The normalized spacial score (nSPS) is 18.5. The zero-order valence-corrected chi connectivity index (χ0v) is 16.8. The molecule has 1 saturated heterocycles. The summed E-state index contributed by atoms with van der Waals surface area (Å²) in [5, 5.41) is 5.49. The van der Waals surface area contributed by atoms with Crippen LogP contribution in [0.15, 0.2) is 48.5 Å². The number of benzene rings is 2. The lowest BCUT2D eigenvalue weighted by Crippen LogP contribution is -2.45. The van der Waals surface area contributed by atoms with Crippen LogP contribution in [-0.2, 0) is 16.0 Å². The average Bonchev–Trinajstić information content (AvgIpc) is 2.92. The van der Waals surface area contributed by atoms with Gasteiger partial charge in [-0.3, -0.25) is 14.5 Å². The van der Waals surface area contributed by atoms with Crippen LogP contribution in [-0.4, -0.2) is 41.9 Å². The van der Waals surface area contributed by atoms with Gasteiger partial charge in [-0.2, -0.15) is 0 Å². The zero-order valence-electron chi connectivity index (χ0n) is 16.8. The minimum absolute atomic E-state index is 0.322. The van der Waals surface area contributed by atoms with Crippen molar-refractivity contribution >= 4 is 23.5 Å². The van der Waals surface area contributed by atoms with Crippen LogP contribution in [0.1, 0.15) is 24.5 Å². The molecular weight excluding hydrogens is 370 g/mol. The molecule has 3 rings (SSSR count). The molecule has 2 N–H and O–H groups in total. The first-order valence-corrected chi connectivity index (χ1v) is 9.45. The van der Waals surface area contributed by atoms with Gasteiger partial charge in [0.1, 0.15) is 17.8 Å². The summed E-state index contributed by atoms with van der Waals surface area (Å²) < 4.78 is 5.14. The predicted octanol–water partition coefficient (Wildman–Crippen LogP) is 2.89. The van der Waals surface area contributed by atoms with Crippen molar-refractivity contribution in [3.05, 3.63) is 59.7 Å². The summed E-state index contributed by atoms with van der Waals surface area (Å²) in [6.45, 7) is 3.24. The fourth-order valence-corrected chi connectivity index (χ4v) is 3.29. The number of methoxy groups -OCH3 is 1. The second-order valence-electron chi connectivity index (χ2n) is 7.36. The Morgan fingerprint density at radius 3 is 2.48 bits per heavy atom. The van der Waals surface area contributed by atoms with E-state index in [1.807, 2.05) is 49.4 Å². The van der Waals surface area contributed by atoms with Gasteiger partial charge in [0.2, 0.25) is 5.91 Å². The van der Waals surface area contributed by atoms with Crippen molar-refractivity contribution in [1.82, 2.24) is 10.2 Å². The number of amides is 4. The van der Waals surface area contributed by atoms with E-state index < -0.39 is 23.4 Å². The standard InChI is InChI=1S/C22H25N3O4/c1-15-6-4-5-7-18(15)23-19(26)14-25-20(27)22(2,24-21(25)28)13-12-16-8-10-17(29-3)11-9-16/h4-11H,12-14H2,1-3H3,(H,23,26)(H,24,28)/t22-/m1/s1. The molecule has 7 nitrogen and oxygen atoms in total. The second-order valence-corrected chi connectivity index (χ2v) is 7.36. The highest BCUT2D eigenvalue weighted by atomic mass is 16.5. The third-order valence-corrected chi connectivity index (χ3v) is 5.14. The Morgan fingerprint density at radius 1 is 1.14 bits per heavy atom. The first-order chi connectivity index (χ1) is 13.8. The zero-order chi connectivity index (χ0) is 21.0. The Bertz CT molecular complexity index is 926. The van der Waals surface area contributed by atoms with Crippen LogP contribution in [0.4, 0.5) is 10.5 Å². The molecule has 0 spiro atoms. The number of carbonyl (C=O) groups excluding carboxylic acids is 3. The lowest BCUT2D eigenvalue weighted by molar-refractivity contribution is -0.133. The summed E-state index contributed by atoms with van der Waals surface area (Å²) in [6, 6.07) is 14.4. The van der Waals surface area contributed by atoms with Crippen LogP contribution in [0.3, 0.4) is 0 Å². The Kier molecular flexibility index (Phi) is 5.87. The molecule has 1 heterocycles. The van der Waals surface area contributed by atoms with Crippen LogP contribution < -0.4 is 15.4 Å². The molecule has 4 amide bonds. The summed E-state index contributed by atoms with van der Waals surface area (Å²) in [5.74, 6) is -0.0470. The number of ether oxygens (including phenoxy) is 1. The van der Waals surface area contributed by atoms with Crippen molar-refractivity contribution in [3.8, 4) is 5.75 Å². The number of anilines is 1. The van der Waals surface area contributed by atoms with E-state index >= 15 is 0 Å². The molecule has 0 aromatic heterocycles. The van der Waals surface area contributed by atoms with Gasteiger partial charge in [0.05, 0.1) is 7.11 Å². The average molecular weight is 395 g/mol. The molecule has 0 saturated carbocycles. The monoisotopic (exact) mass is 395 g/mol. The summed E-state index contributed by atoms with van der Waals surface area (Å²) in [6.07, 6.45) is 1.04. The van der Waals surface area contributed by atoms with Crippen LogP contribution in [0.2, 0.25) is 0 Å². The van der Waals surface area contributed by atoms with Gasteiger partial charge >= 0.3 is 6.03 Å². The molecule has 1 aliphatic heterocycles. The molecule has 1 fully saturated rings. The molecule has 0 radical (unpaired) electrons. The van der Waals surface area contributed by atoms with Crippen molar-refractivity contribution in [2.75, 3.05) is 19.0 Å². The number of urea groups is 1. The molecule has 0 bridgehead atoms. The number of imide groups is 1. The number of carbonyl (C=O) groups is 3. The highest BCUT2D eigenvalue weighted by Gasteiger charge is 2.47. The maximum atomic E-state index is 12.9. The fraction of sp³-hybridized carbons (Fsp3) is 0.318. The molecule has 152 valence electrons. The van der Waals surface area contributed by atoms with E-state index in [4.69, 9.17) is 4.74 Å². The first kappa shape index (κ1) is 20.4. The molecule has 2 aromatic rings. The summed E-state index contributed by atoms with van der Waals surface area (Å²) in [7, 11) is 1.60. The highest BCUT2D eigenvalue weighted by Crippen LogP contribution is 2.24. The van der Waals surface area contributed by atoms with Crippen LogP contribution in [0.25, 0.3) is 0 Å². The van der Waals surface area contributed by atoms with E-state index in [0.717, 1.165) is 21.8 Å². The SMILES string of the molecule is COc1ccc(CC[C@@]2(C)NC(=O)N(CC(=O)Nc3ccccc3C)C2=O)cc1. The minimum Gasteiger partial charge on any atom is -0.497 e. The van der Waals surface area contributed by atoms with Gasteiger partial charge in [-0.15, -0.1) is 0 Å². The fourth-order valence-electron chi connectivity index (χ4n) is 3.29. The van der Waals surface area contributed by atoms with Gasteiger partial charge < -0.3 is 15.4 Å². The van der Waals surface area contributed by atoms with E-state index in [-0.39, 0.29) is 6.54 Å². The van der Waals surface area contributed by atoms with Gasteiger partial charge in [-0.05, 0) is 56.0 Å². The van der Waals surface area contributed by atoms with E-state index in [0.29, 0.717) is 18.5 Å². The number of aryl methyl sites for hydroxylation is 2. The molecule has 0 unspecified atom stereocenters. The van der Waals surface area contributed by atoms with Crippen molar-refractivity contribution in [1.29, 1.82) is 0 Å². The molecular formula is C22H25N3O4. The van der Waals surface area contributed by atoms with Gasteiger partial charge in [-0.25, -0.2) is 4.79 Å². The number of nitrogens with zero attached hydrogens (tertiary/aromatic N) is 1. The Morgan fingerprint density at radius 2 is 1.83 bits per heavy atom. The van der Waals surface area contributed by atoms with Crippen molar-refractivity contribution < 1.29 is 19.1 Å². The van der Waals surface area contributed by atoms with E-state index in [1.54, 1.807) is 20.1 Å². The number of para-hydroxylation sites is 1. The highest BCUT2D eigenvalue weighted by molar-refractivity contribution is 6.10. The Labute approximate surface area is 170 Å². The van der Waals surface area contributed by atoms with Crippen LogP contribution in [0.5, 0.6) is 5.75 Å². The molecule has 0 aliphatic carbocycles. The van der Waals surface area contributed by atoms with Crippen LogP contribution >= 0.6 is 0 Å².